The number of hydrogen-bond donors (Lipinski definition) is 2. The number of piperidine rings is 1. The van der Waals surface area contributed by atoms with Crippen LogP contribution in [0.15, 0.2) is 0 Å². The summed E-state index contributed by atoms with van der Waals surface area (Å²) in [5.74, 6) is 0.466. The van der Waals surface area contributed by atoms with E-state index in [0.29, 0.717) is 11.8 Å². The van der Waals surface area contributed by atoms with E-state index in [4.69, 9.17) is 5.11 Å². The van der Waals surface area contributed by atoms with Crippen LogP contribution in [0.1, 0.15) is 6.42 Å². The zero-order valence-corrected chi connectivity index (χ0v) is 5.00. The first-order valence-corrected chi connectivity index (χ1v) is 3.25. The summed E-state index contributed by atoms with van der Waals surface area (Å²) in [6.07, 6.45) is 1.13. The lowest BCUT2D eigenvalue weighted by Gasteiger charge is -2.04. The van der Waals surface area contributed by atoms with Crippen LogP contribution in [-0.2, 0) is 4.79 Å². The van der Waals surface area contributed by atoms with Crippen molar-refractivity contribution in [1.82, 2.24) is 5.32 Å². The molecule has 50 valence electrons. The number of fused-ring (bicyclic) bond motifs is 1. The molecule has 3 heteroatoms. The van der Waals surface area contributed by atoms with Gasteiger partial charge in [-0.25, -0.2) is 0 Å². The van der Waals surface area contributed by atoms with Crippen molar-refractivity contribution >= 4 is 5.97 Å². The van der Waals surface area contributed by atoms with Gasteiger partial charge in [-0.05, 0) is 24.8 Å². The van der Waals surface area contributed by atoms with Crippen LogP contribution in [-0.4, -0.2) is 23.7 Å². The maximum absolute atomic E-state index is 10.4. The molecule has 0 aromatic heterocycles. The van der Waals surface area contributed by atoms with Crippen molar-refractivity contribution in [3.8, 4) is 0 Å². The second-order valence-corrected chi connectivity index (χ2v) is 2.88. The van der Waals surface area contributed by atoms with Gasteiger partial charge in [-0.15, -0.1) is 0 Å². The van der Waals surface area contributed by atoms with E-state index in [1.165, 1.54) is 0 Å². The average molecular weight is 127 g/mol. The molecular formula is C6H9NO2. The van der Waals surface area contributed by atoms with E-state index < -0.39 is 5.97 Å². The molecule has 0 radical (unpaired) electrons. The highest BCUT2D eigenvalue weighted by molar-refractivity contribution is 5.75. The number of carboxylic acids is 1. The van der Waals surface area contributed by atoms with Crippen LogP contribution in [0.2, 0.25) is 0 Å². The largest absolute Gasteiger partial charge is 0.480 e. The molecule has 1 aliphatic heterocycles. The standard InChI is InChI=1S/C6H9NO2/c8-6(9)5-4-1-3(4)2-7-5/h3-5,7H,1-2H2,(H,8,9)/t3-,4?,5+/m0/s1. The number of carbonyl (C=O) groups is 1. The molecule has 2 rings (SSSR count). The third kappa shape index (κ3) is 0.645. The maximum Gasteiger partial charge on any atom is 0.320 e. The van der Waals surface area contributed by atoms with Crippen LogP contribution >= 0.6 is 0 Å². The van der Waals surface area contributed by atoms with E-state index >= 15 is 0 Å². The predicted octanol–water partition coefficient (Wildman–Crippen LogP) is -0.321. The molecule has 9 heavy (non-hydrogen) atoms. The zero-order valence-electron chi connectivity index (χ0n) is 5.00. The van der Waals surface area contributed by atoms with Crippen molar-refractivity contribution in [3.63, 3.8) is 0 Å². The molecular weight excluding hydrogens is 118 g/mol. The first-order chi connectivity index (χ1) is 4.29. The average Bonchev–Trinajstić information content (AvgIpc) is 2.43. The Morgan fingerprint density at radius 3 is 2.67 bits per heavy atom. The maximum atomic E-state index is 10.4. The van der Waals surface area contributed by atoms with Gasteiger partial charge in [0.25, 0.3) is 0 Å². The van der Waals surface area contributed by atoms with Crippen LogP contribution in [0, 0.1) is 11.8 Å². The molecule has 1 unspecified atom stereocenters. The second-order valence-electron chi connectivity index (χ2n) is 2.88. The highest BCUT2D eigenvalue weighted by Crippen LogP contribution is 2.44. The fourth-order valence-electron chi connectivity index (χ4n) is 1.61. The molecule has 1 saturated heterocycles. The fraction of sp³-hybridized carbons (Fsp3) is 0.833. The summed E-state index contributed by atoms with van der Waals surface area (Å²) in [5, 5.41) is 11.5. The van der Waals surface area contributed by atoms with E-state index in [2.05, 4.69) is 5.32 Å². The van der Waals surface area contributed by atoms with Gasteiger partial charge < -0.3 is 10.4 Å². The number of nitrogens with one attached hydrogen (secondary N) is 1. The molecule has 2 N–H and O–H groups in total. The summed E-state index contributed by atoms with van der Waals surface area (Å²) in [6, 6.07) is -0.227. The van der Waals surface area contributed by atoms with Gasteiger partial charge in [-0.1, -0.05) is 0 Å². The lowest BCUT2D eigenvalue weighted by atomic mass is 10.2. The molecule has 0 bridgehead atoms. The van der Waals surface area contributed by atoms with Gasteiger partial charge in [0.05, 0.1) is 0 Å². The molecule has 0 spiro atoms. The van der Waals surface area contributed by atoms with Crippen LogP contribution in [0.3, 0.4) is 0 Å². The Morgan fingerprint density at radius 1 is 1.67 bits per heavy atom. The van der Waals surface area contributed by atoms with Crippen molar-refractivity contribution < 1.29 is 9.90 Å². The highest BCUT2D eigenvalue weighted by atomic mass is 16.4. The van der Waals surface area contributed by atoms with Gasteiger partial charge in [-0.2, -0.15) is 0 Å². The van der Waals surface area contributed by atoms with Crippen LogP contribution in [0.5, 0.6) is 0 Å². The van der Waals surface area contributed by atoms with Crippen molar-refractivity contribution in [2.45, 2.75) is 12.5 Å². The van der Waals surface area contributed by atoms with Gasteiger partial charge in [0, 0.05) is 0 Å². The van der Waals surface area contributed by atoms with Crippen LogP contribution in [0.25, 0.3) is 0 Å². The van der Waals surface area contributed by atoms with Crippen molar-refractivity contribution in [2.24, 2.45) is 11.8 Å². The van der Waals surface area contributed by atoms with Crippen molar-refractivity contribution in [2.75, 3.05) is 6.54 Å². The Labute approximate surface area is 53.1 Å². The van der Waals surface area contributed by atoms with Gasteiger partial charge in [0.1, 0.15) is 6.04 Å². The fourth-order valence-corrected chi connectivity index (χ4v) is 1.61. The third-order valence-electron chi connectivity index (χ3n) is 2.27. The molecule has 2 fully saturated rings. The zero-order chi connectivity index (χ0) is 6.43. The molecule has 0 aromatic carbocycles. The summed E-state index contributed by atoms with van der Waals surface area (Å²) in [6.45, 7) is 0.918. The monoisotopic (exact) mass is 127 g/mol. The molecule has 3 atom stereocenters. The van der Waals surface area contributed by atoms with E-state index in [1.807, 2.05) is 0 Å². The van der Waals surface area contributed by atoms with Crippen LogP contribution < -0.4 is 5.32 Å². The molecule has 3 nitrogen and oxygen atoms in total. The Kier molecular flexibility index (Phi) is 0.858. The Morgan fingerprint density at radius 2 is 2.44 bits per heavy atom. The van der Waals surface area contributed by atoms with Gasteiger partial charge in [0.15, 0.2) is 0 Å². The number of carboxylic acid groups (broad SMARTS) is 1. The summed E-state index contributed by atoms with van der Waals surface area (Å²) in [4.78, 5) is 10.4. The summed E-state index contributed by atoms with van der Waals surface area (Å²) in [7, 11) is 0. The van der Waals surface area contributed by atoms with Gasteiger partial charge >= 0.3 is 5.97 Å². The third-order valence-corrected chi connectivity index (χ3v) is 2.27. The molecule has 1 heterocycles. The molecule has 0 aromatic rings. The quantitative estimate of drug-likeness (QED) is 0.507. The molecule has 0 amide bonds. The van der Waals surface area contributed by atoms with E-state index in [1.54, 1.807) is 0 Å². The Hall–Kier alpha value is -0.570. The number of rotatable bonds is 1. The Balaban J connectivity index is 2.06. The van der Waals surface area contributed by atoms with E-state index in [9.17, 15) is 4.79 Å². The number of aliphatic carboxylic acids is 1. The SMILES string of the molecule is O=C(O)[C@@H]1NC[C@@H]2CC21. The van der Waals surface area contributed by atoms with Crippen LogP contribution in [0.4, 0.5) is 0 Å². The predicted molar refractivity (Wildman–Crippen MR) is 31.0 cm³/mol. The summed E-state index contributed by atoms with van der Waals surface area (Å²) < 4.78 is 0. The minimum atomic E-state index is -0.681. The smallest absolute Gasteiger partial charge is 0.320 e. The molecule has 1 saturated carbocycles. The normalized spacial score (nSPS) is 46.4. The number of hydrogen-bond acceptors (Lipinski definition) is 2. The van der Waals surface area contributed by atoms with E-state index in [0.717, 1.165) is 13.0 Å². The Bertz CT molecular complexity index is 157. The first-order valence-electron chi connectivity index (χ1n) is 3.25. The summed E-state index contributed by atoms with van der Waals surface area (Å²) in [5.41, 5.74) is 0. The first kappa shape index (κ1) is 5.23. The minimum Gasteiger partial charge on any atom is -0.480 e. The van der Waals surface area contributed by atoms with E-state index in [-0.39, 0.29) is 6.04 Å². The molecule has 2 aliphatic rings. The molecule has 1 aliphatic carbocycles. The van der Waals surface area contributed by atoms with Gasteiger partial charge in [-0.3, -0.25) is 4.79 Å². The highest BCUT2D eigenvalue weighted by Gasteiger charge is 2.51. The lowest BCUT2D eigenvalue weighted by Crippen LogP contribution is -2.34. The van der Waals surface area contributed by atoms with Crippen molar-refractivity contribution in [3.05, 3.63) is 0 Å². The minimum absolute atomic E-state index is 0.227. The lowest BCUT2D eigenvalue weighted by molar-refractivity contribution is -0.139. The summed E-state index contributed by atoms with van der Waals surface area (Å²) >= 11 is 0. The van der Waals surface area contributed by atoms with Crippen molar-refractivity contribution in [1.29, 1.82) is 0 Å². The second kappa shape index (κ2) is 1.48. The van der Waals surface area contributed by atoms with Gasteiger partial charge in [0.2, 0.25) is 0 Å². The topological polar surface area (TPSA) is 49.3 Å².